The Morgan fingerprint density at radius 1 is 1.39 bits per heavy atom. The molecule has 3 heteroatoms. The molecule has 1 heterocycles. The molecule has 1 aromatic heterocycles. The van der Waals surface area contributed by atoms with Gasteiger partial charge in [0.1, 0.15) is 5.76 Å². The van der Waals surface area contributed by atoms with Gasteiger partial charge in [-0.1, -0.05) is 26.2 Å². The second kappa shape index (κ2) is 6.95. The van der Waals surface area contributed by atoms with Crippen LogP contribution in [-0.4, -0.2) is 19.8 Å². The highest BCUT2D eigenvalue weighted by Crippen LogP contribution is 2.34. The van der Waals surface area contributed by atoms with Gasteiger partial charge in [-0.2, -0.15) is 0 Å². The Bertz CT molecular complexity index is 317. The lowest BCUT2D eigenvalue weighted by molar-refractivity contribution is 0.00265. The number of furan rings is 1. The van der Waals surface area contributed by atoms with E-state index in [2.05, 4.69) is 12.2 Å². The predicted octanol–water partition coefficient (Wildman–Crippen LogP) is 3.53. The zero-order valence-electron chi connectivity index (χ0n) is 11.5. The van der Waals surface area contributed by atoms with E-state index in [1.807, 2.05) is 19.2 Å². The highest BCUT2D eigenvalue weighted by molar-refractivity contribution is 5.07. The third-order valence-corrected chi connectivity index (χ3v) is 3.99. The van der Waals surface area contributed by atoms with Gasteiger partial charge in [-0.15, -0.1) is 0 Å². The number of methoxy groups -OCH3 is 1. The third-order valence-electron chi connectivity index (χ3n) is 3.99. The van der Waals surface area contributed by atoms with E-state index in [-0.39, 0.29) is 12.1 Å². The van der Waals surface area contributed by atoms with Crippen LogP contribution in [0, 0.1) is 5.92 Å². The van der Waals surface area contributed by atoms with Crippen LogP contribution in [0.5, 0.6) is 0 Å². The number of rotatable bonds is 6. The lowest BCUT2D eigenvalue weighted by Gasteiger charge is -2.34. The fourth-order valence-corrected chi connectivity index (χ4v) is 3.13. The molecule has 2 unspecified atom stereocenters. The van der Waals surface area contributed by atoms with Gasteiger partial charge in [0.25, 0.3) is 0 Å². The lowest BCUT2D eigenvalue weighted by Crippen LogP contribution is -2.39. The van der Waals surface area contributed by atoms with Gasteiger partial charge in [-0.05, 0) is 37.4 Å². The summed E-state index contributed by atoms with van der Waals surface area (Å²) in [7, 11) is 1.83. The Morgan fingerprint density at radius 2 is 2.17 bits per heavy atom. The molecule has 18 heavy (non-hydrogen) atoms. The van der Waals surface area contributed by atoms with E-state index in [4.69, 9.17) is 9.15 Å². The average Bonchev–Trinajstić information content (AvgIpc) is 2.93. The fourth-order valence-electron chi connectivity index (χ4n) is 3.13. The summed E-state index contributed by atoms with van der Waals surface area (Å²) in [5.41, 5.74) is 0. The van der Waals surface area contributed by atoms with Crippen LogP contribution >= 0.6 is 0 Å². The summed E-state index contributed by atoms with van der Waals surface area (Å²) in [6, 6.07) is 4.17. The largest absolute Gasteiger partial charge is 0.468 e. The summed E-state index contributed by atoms with van der Waals surface area (Å²) in [5, 5.41) is 3.51. The van der Waals surface area contributed by atoms with Crippen LogP contribution in [0.3, 0.4) is 0 Å². The van der Waals surface area contributed by atoms with Crippen molar-refractivity contribution in [2.45, 2.75) is 51.2 Å². The van der Waals surface area contributed by atoms with Crippen LogP contribution < -0.4 is 5.32 Å². The molecular weight excluding hydrogens is 226 g/mol. The van der Waals surface area contributed by atoms with Crippen molar-refractivity contribution in [3.05, 3.63) is 24.2 Å². The molecule has 0 aliphatic heterocycles. The molecule has 1 aliphatic rings. The van der Waals surface area contributed by atoms with Crippen molar-refractivity contribution in [2.75, 3.05) is 13.7 Å². The SMILES string of the molecule is CCNC(c1ccco1)C(OC)C1CCCCC1. The Morgan fingerprint density at radius 3 is 2.72 bits per heavy atom. The first-order chi connectivity index (χ1) is 8.86. The molecule has 1 saturated carbocycles. The Kier molecular flexibility index (Phi) is 5.26. The maximum atomic E-state index is 5.81. The minimum Gasteiger partial charge on any atom is -0.468 e. The highest BCUT2D eigenvalue weighted by atomic mass is 16.5. The summed E-state index contributed by atoms with van der Waals surface area (Å²) in [6.07, 6.45) is 8.56. The van der Waals surface area contributed by atoms with Crippen LogP contribution in [0.4, 0.5) is 0 Å². The van der Waals surface area contributed by atoms with Crippen molar-refractivity contribution in [1.29, 1.82) is 0 Å². The minimum absolute atomic E-state index is 0.179. The van der Waals surface area contributed by atoms with Crippen molar-refractivity contribution >= 4 is 0 Å². The van der Waals surface area contributed by atoms with E-state index in [1.54, 1.807) is 6.26 Å². The van der Waals surface area contributed by atoms with Crippen molar-refractivity contribution in [1.82, 2.24) is 5.32 Å². The summed E-state index contributed by atoms with van der Waals surface area (Å²) in [4.78, 5) is 0. The number of likely N-dealkylation sites (N-methyl/N-ethyl adjacent to an activating group) is 1. The second-order valence-corrected chi connectivity index (χ2v) is 5.15. The molecule has 0 amide bonds. The van der Waals surface area contributed by atoms with Gasteiger partial charge in [0.15, 0.2) is 0 Å². The quantitative estimate of drug-likeness (QED) is 0.840. The van der Waals surface area contributed by atoms with Crippen molar-refractivity contribution in [3.63, 3.8) is 0 Å². The van der Waals surface area contributed by atoms with Crippen LogP contribution in [0.2, 0.25) is 0 Å². The van der Waals surface area contributed by atoms with Gasteiger partial charge in [0.2, 0.25) is 0 Å². The van der Waals surface area contributed by atoms with E-state index in [0.29, 0.717) is 5.92 Å². The highest BCUT2D eigenvalue weighted by Gasteiger charge is 2.32. The lowest BCUT2D eigenvalue weighted by atomic mass is 9.82. The molecule has 102 valence electrons. The first kappa shape index (κ1) is 13.6. The fraction of sp³-hybridized carbons (Fsp3) is 0.733. The molecule has 0 bridgehead atoms. The third kappa shape index (κ3) is 3.15. The number of hydrogen-bond donors (Lipinski definition) is 1. The van der Waals surface area contributed by atoms with Gasteiger partial charge in [0, 0.05) is 7.11 Å². The summed E-state index contributed by atoms with van der Waals surface area (Å²) < 4.78 is 11.4. The molecule has 2 atom stereocenters. The van der Waals surface area contributed by atoms with Crippen molar-refractivity contribution in [2.24, 2.45) is 5.92 Å². The molecular formula is C15H25NO2. The van der Waals surface area contributed by atoms with E-state index in [1.165, 1.54) is 32.1 Å². The van der Waals surface area contributed by atoms with Crippen LogP contribution in [0.15, 0.2) is 22.8 Å². The zero-order chi connectivity index (χ0) is 12.8. The summed E-state index contributed by atoms with van der Waals surface area (Å²) >= 11 is 0. The van der Waals surface area contributed by atoms with Gasteiger partial charge >= 0.3 is 0 Å². The van der Waals surface area contributed by atoms with E-state index in [0.717, 1.165) is 12.3 Å². The normalized spacial score (nSPS) is 20.8. The topological polar surface area (TPSA) is 34.4 Å². The first-order valence-corrected chi connectivity index (χ1v) is 7.16. The second-order valence-electron chi connectivity index (χ2n) is 5.15. The summed E-state index contributed by atoms with van der Waals surface area (Å²) in [6.45, 7) is 3.06. The molecule has 1 aromatic rings. The molecule has 1 N–H and O–H groups in total. The van der Waals surface area contributed by atoms with Gasteiger partial charge < -0.3 is 14.5 Å². The zero-order valence-corrected chi connectivity index (χ0v) is 11.5. The Balaban J connectivity index is 2.10. The molecule has 1 aliphatic carbocycles. The molecule has 2 rings (SSSR count). The average molecular weight is 251 g/mol. The summed E-state index contributed by atoms with van der Waals surface area (Å²) in [5.74, 6) is 1.65. The first-order valence-electron chi connectivity index (χ1n) is 7.16. The van der Waals surface area contributed by atoms with Crippen molar-refractivity contribution in [3.8, 4) is 0 Å². The van der Waals surface area contributed by atoms with Gasteiger partial charge in [0.05, 0.1) is 18.4 Å². The Hall–Kier alpha value is -0.800. The molecule has 0 aromatic carbocycles. The van der Waals surface area contributed by atoms with Gasteiger partial charge in [-0.3, -0.25) is 0 Å². The van der Waals surface area contributed by atoms with Crippen LogP contribution in [0.1, 0.15) is 50.8 Å². The number of hydrogen-bond acceptors (Lipinski definition) is 3. The Labute approximate surface area is 110 Å². The minimum atomic E-state index is 0.179. The number of nitrogens with one attached hydrogen (secondary N) is 1. The molecule has 0 spiro atoms. The van der Waals surface area contributed by atoms with Gasteiger partial charge in [-0.25, -0.2) is 0 Å². The predicted molar refractivity (Wildman–Crippen MR) is 72.5 cm³/mol. The standard InChI is InChI=1S/C15H25NO2/c1-3-16-14(13-10-7-11-18-13)15(17-2)12-8-5-4-6-9-12/h7,10-12,14-16H,3-6,8-9H2,1-2H3. The van der Waals surface area contributed by atoms with E-state index in [9.17, 15) is 0 Å². The van der Waals surface area contributed by atoms with Crippen molar-refractivity contribution < 1.29 is 9.15 Å². The number of ether oxygens (including phenoxy) is 1. The molecule has 0 saturated heterocycles. The molecule has 1 fully saturated rings. The molecule has 0 radical (unpaired) electrons. The molecule has 3 nitrogen and oxygen atoms in total. The van der Waals surface area contributed by atoms with Crippen LogP contribution in [0.25, 0.3) is 0 Å². The van der Waals surface area contributed by atoms with E-state index < -0.39 is 0 Å². The maximum absolute atomic E-state index is 5.81. The monoisotopic (exact) mass is 251 g/mol. The smallest absolute Gasteiger partial charge is 0.123 e. The van der Waals surface area contributed by atoms with E-state index >= 15 is 0 Å². The van der Waals surface area contributed by atoms with Crippen LogP contribution in [-0.2, 0) is 4.74 Å². The maximum Gasteiger partial charge on any atom is 0.123 e.